The standard InChI is InChI=1S/C8H12BNS/c1-2-8-7(9)3-6(5-11)4-10-8/h3-4,11H,2,5,9H2,1H3. The Morgan fingerprint density at radius 2 is 2.36 bits per heavy atom. The van der Waals surface area contributed by atoms with Crippen molar-refractivity contribution in [3.05, 3.63) is 23.5 Å². The van der Waals surface area contributed by atoms with Crippen LogP contribution in [0.5, 0.6) is 0 Å². The average molecular weight is 165 g/mol. The molecule has 3 heteroatoms. The Morgan fingerprint density at radius 1 is 1.64 bits per heavy atom. The molecule has 0 aromatic carbocycles. The Morgan fingerprint density at radius 3 is 2.82 bits per heavy atom. The number of rotatable bonds is 2. The second-order valence-corrected chi connectivity index (χ2v) is 2.94. The van der Waals surface area contributed by atoms with Gasteiger partial charge in [0.05, 0.1) is 0 Å². The fourth-order valence-corrected chi connectivity index (χ4v) is 1.29. The van der Waals surface area contributed by atoms with Gasteiger partial charge < -0.3 is 0 Å². The number of thiol groups is 1. The maximum absolute atomic E-state index is 4.32. The second-order valence-electron chi connectivity index (χ2n) is 2.62. The van der Waals surface area contributed by atoms with E-state index in [0.717, 1.165) is 12.2 Å². The highest BCUT2D eigenvalue weighted by atomic mass is 32.1. The van der Waals surface area contributed by atoms with E-state index >= 15 is 0 Å². The molecule has 1 heterocycles. The van der Waals surface area contributed by atoms with Crippen LogP contribution in [0.3, 0.4) is 0 Å². The lowest BCUT2D eigenvalue weighted by atomic mass is 9.92. The summed E-state index contributed by atoms with van der Waals surface area (Å²) in [6, 6.07) is 2.15. The summed E-state index contributed by atoms with van der Waals surface area (Å²) in [6.45, 7) is 2.12. The molecule has 0 unspecified atom stereocenters. The van der Waals surface area contributed by atoms with Gasteiger partial charge in [0.1, 0.15) is 7.85 Å². The normalized spacial score (nSPS) is 10.0. The molecule has 1 aromatic rings. The molecule has 0 aliphatic rings. The number of nitrogens with zero attached hydrogens (tertiary/aromatic N) is 1. The van der Waals surface area contributed by atoms with Crippen LogP contribution in [0, 0.1) is 0 Å². The fourth-order valence-electron chi connectivity index (χ4n) is 1.12. The van der Waals surface area contributed by atoms with Crippen LogP contribution in [-0.4, -0.2) is 12.8 Å². The molecule has 0 bridgehead atoms. The minimum atomic E-state index is 0.776. The van der Waals surface area contributed by atoms with Crippen LogP contribution in [0.25, 0.3) is 0 Å². The van der Waals surface area contributed by atoms with E-state index in [2.05, 4.69) is 38.4 Å². The first kappa shape index (κ1) is 8.66. The summed E-state index contributed by atoms with van der Waals surface area (Å²) in [5, 5.41) is 0. The van der Waals surface area contributed by atoms with Gasteiger partial charge in [0.2, 0.25) is 0 Å². The maximum Gasteiger partial charge on any atom is 0.141 e. The van der Waals surface area contributed by atoms with Gasteiger partial charge in [-0.2, -0.15) is 12.6 Å². The van der Waals surface area contributed by atoms with Gasteiger partial charge in [-0.1, -0.05) is 18.5 Å². The highest BCUT2D eigenvalue weighted by Crippen LogP contribution is 2.00. The Bertz CT molecular complexity index is 250. The SMILES string of the molecule is Bc1cc(CS)cnc1CC. The molecular formula is C8H12BNS. The zero-order chi connectivity index (χ0) is 8.27. The van der Waals surface area contributed by atoms with Crippen molar-refractivity contribution in [2.24, 2.45) is 0 Å². The summed E-state index contributed by atoms with van der Waals surface area (Å²) in [5.41, 5.74) is 3.66. The lowest BCUT2D eigenvalue weighted by Crippen LogP contribution is -2.12. The van der Waals surface area contributed by atoms with Crippen LogP contribution in [0.1, 0.15) is 18.2 Å². The van der Waals surface area contributed by atoms with Crippen molar-refractivity contribution < 1.29 is 0 Å². The zero-order valence-electron chi connectivity index (χ0n) is 6.96. The summed E-state index contributed by atoms with van der Waals surface area (Å²) in [5.74, 6) is 0.776. The van der Waals surface area contributed by atoms with Crippen molar-refractivity contribution in [1.82, 2.24) is 4.98 Å². The van der Waals surface area contributed by atoms with Gasteiger partial charge in [-0.3, -0.25) is 4.98 Å². The van der Waals surface area contributed by atoms with Gasteiger partial charge in [0.15, 0.2) is 0 Å². The lowest BCUT2D eigenvalue weighted by Gasteiger charge is -2.02. The molecule has 0 saturated heterocycles. The first-order chi connectivity index (χ1) is 5.27. The Labute approximate surface area is 74.1 Å². The van der Waals surface area contributed by atoms with Crippen molar-refractivity contribution in [3.8, 4) is 0 Å². The van der Waals surface area contributed by atoms with Gasteiger partial charge in [-0.25, -0.2) is 0 Å². The van der Waals surface area contributed by atoms with Crippen LogP contribution in [0.15, 0.2) is 12.3 Å². The Balaban J connectivity index is 2.99. The molecule has 0 aliphatic carbocycles. The first-order valence-electron chi connectivity index (χ1n) is 3.83. The second kappa shape index (κ2) is 3.81. The predicted molar refractivity (Wildman–Crippen MR) is 54.5 cm³/mol. The van der Waals surface area contributed by atoms with Crippen molar-refractivity contribution in [1.29, 1.82) is 0 Å². The van der Waals surface area contributed by atoms with E-state index in [9.17, 15) is 0 Å². The van der Waals surface area contributed by atoms with Crippen molar-refractivity contribution >= 4 is 25.9 Å². The van der Waals surface area contributed by atoms with Crippen LogP contribution in [-0.2, 0) is 12.2 Å². The van der Waals surface area contributed by atoms with Crippen molar-refractivity contribution in [3.63, 3.8) is 0 Å². The molecular weight excluding hydrogens is 153 g/mol. The molecule has 0 amide bonds. The zero-order valence-corrected chi connectivity index (χ0v) is 7.86. The van der Waals surface area contributed by atoms with Gasteiger partial charge in [0, 0.05) is 17.6 Å². The minimum Gasteiger partial charge on any atom is -0.262 e. The summed E-state index contributed by atoms with van der Waals surface area (Å²) in [7, 11) is 2.10. The van der Waals surface area contributed by atoms with E-state index in [0.29, 0.717) is 0 Å². The van der Waals surface area contributed by atoms with Crippen molar-refractivity contribution in [2.45, 2.75) is 19.1 Å². The summed E-state index contributed by atoms with van der Waals surface area (Å²) in [6.07, 6.45) is 2.91. The highest BCUT2D eigenvalue weighted by molar-refractivity contribution is 7.79. The average Bonchev–Trinajstić information content (AvgIpc) is 2.04. The molecule has 0 saturated carbocycles. The number of aromatic nitrogens is 1. The van der Waals surface area contributed by atoms with Crippen LogP contribution >= 0.6 is 12.6 Å². The molecule has 0 atom stereocenters. The fraction of sp³-hybridized carbons (Fsp3) is 0.375. The molecule has 1 nitrogen and oxygen atoms in total. The lowest BCUT2D eigenvalue weighted by molar-refractivity contribution is 1.04. The quantitative estimate of drug-likeness (QED) is 0.492. The molecule has 1 aromatic heterocycles. The van der Waals surface area contributed by atoms with E-state index in [-0.39, 0.29) is 0 Å². The maximum atomic E-state index is 4.32. The van der Waals surface area contributed by atoms with E-state index in [1.165, 1.54) is 16.7 Å². The first-order valence-corrected chi connectivity index (χ1v) is 4.46. The number of hydrogen-bond acceptors (Lipinski definition) is 2. The van der Waals surface area contributed by atoms with Gasteiger partial charge >= 0.3 is 0 Å². The Kier molecular flexibility index (Phi) is 3.00. The molecule has 0 N–H and O–H groups in total. The highest BCUT2D eigenvalue weighted by Gasteiger charge is 1.97. The van der Waals surface area contributed by atoms with Gasteiger partial charge in [-0.05, 0) is 12.0 Å². The molecule has 11 heavy (non-hydrogen) atoms. The number of hydrogen-bond donors (Lipinski definition) is 1. The van der Waals surface area contributed by atoms with Gasteiger partial charge in [0.25, 0.3) is 0 Å². The van der Waals surface area contributed by atoms with E-state index < -0.39 is 0 Å². The van der Waals surface area contributed by atoms with Crippen molar-refractivity contribution in [2.75, 3.05) is 0 Å². The van der Waals surface area contributed by atoms with Crippen LogP contribution in [0.2, 0.25) is 0 Å². The third-order valence-corrected chi connectivity index (χ3v) is 2.13. The number of aryl methyl sites for hydroxylation is 1. The molecule has 0 spiro atoms. The summed E-state index contributed by atoms with van der Waals surface area (Å²) >= 11 is 4.18. The predicted octanol–water partition coefficient (Wildman–Crippen LogP) is 0.332. The molecule has 58 valence electrons. The monoisotopic (exact) mass is 165 g/mol. The third-order valence-electron chi connectivity index (χ3n) is 1.76. The van der Waals surface area contributed by atoms with E-state index in [1.807, 2.05) is 6.20 Å². The van der Waals surface area contributed by atoms with Crippen LogP contribution < -0.4 is 5.46 Å². The molecule has 1 rings (SSSR count). The smallest absolute Gasteiger partial charge is 0.141 e. The topological polar surface area (TPSA) is 12.9 Å². The Hall–Kier alpha value is -0.435. The summed E-state index contributed by atoms with van der Waals surface area (Å²) < 4.78 is 0. The van der Waals surface area contributed by atoms with Crippen LogP contribution in [0.4, 0.5) is 0 Å². The molecule has 0 aliphatic heterocycles. The minimum absolute atomic E-state index is 0.776. The molecule has 0 fully saturated rings. The largest absolute Gasteiger partial charge is 0.262 e. The number of pyridine rings is 1. The van der Waals surface area contributed by atoms with E-state index in [1.54, 1.807) is 0 Å². The summed E-state index contributed by atoms with van der Waals surface area (Å²) in [4.78, 5) is 4.32. The van der Waals surface area contributed by atoms with Gasteiger partial charge in [-0.15, -0.1) is 0 Å². The third kappa shape index (κ3) is 1.99. The molecule has 0 radical (unpaired) electrons. The van der Waals surface area contributed by atoms with E-state index in [4.69, 9.17) is 0 Å².